The van der Waals surface area contributed by atoms with Crippen molar-refractivity contribution in [2.75, 3.05) is 25.1 Å². The van der Waals surface area contributed by atoms with Gasteiger partial charge in [0.05, 0.1) is 7.11 Å². The van der Waals surface area contributed by atoms with Gasteiger partial charge < -0.3 is 20.7 Å². The summed E-state index contributed by atoms with van der Waals surface area (Å²) in [7, 11) is 1.67. The first-order valence-corrected chi connectivity index (χ1v) is 7.47. The van der Waals surface area contributed by atoms with Crippen LogP contribution in [-0.2, 0) is 4.79 Å². The number of nitrogens with zero attached hydrogens (tertiary/aromatic N) is 1. The van der Waals surface area contributed by atoms with E-state index >= 15 is 0 Å². The second-order valence-electron chi connectivity index (χ2n) is 5.64. The van der Waals surface area contributed by atoms with E-state index in [1.165, 1.54) is 0 Å². The SMILES string of the molecule is COc1cccc(N2CCC(NC(C)=O)CC2)c1[C@@H](C)N. The van der Waals surface area contributed by atoms with E-state index < -0.39 is 0 Å². The Kier molecular flexibility index (Phi) is 5.07. The molecule has 0 spiro atoms. The summed E-state index contributed by atoms with van der Waals surface area (Å²) in [6.45, 7) is 5.38. The van der Waals surface area contributed by atoms with Crippen LogP contribution < -0.4 is 20.7 Å². The minimum atomic E-state index is -0.0794. The Morgan fingerprint density at radius 2 is 2.10 bits per heavy atom. The van der Waals surface area contributed by atoms with Crippen molar-refractivity contribution < 1.29 is 9.53 Å². The molecule has 5 nitrogen and oxygen atoms in total. The molecule has 0 radical (unpaired) electrons. The number of hydrogen-bond donors (Lipinski definition) is 2. The smallest absolute Gasteiger partial charge is 0.217 e. The lowest BCUT2D eigenvalue weighted by atomic mass is 10.00. The number of carbonyl (C=O) groups is 1. The van der Waals surface area contributed by atoms with Crippen LogP contribution in [0.1, 0.15) is 38.3 Å². The zero-order valence-corrected chi connectivity index (χ0v) is 13.1. The molecular weight excluding hydrogens is 266 g/mol. The first kappa shape index (κ1) is 15.6. The Morgan fingerprint density at radius 3 is 2.62 bits per heavy atom. The van der Waals surface area contributed by atoms with Crippen molar-refractivity contribution in [3.8, 4) is 5.75 Å². The molecule has 21 heavy (non-hydrogen) atoms. The molecule has 2 rings (SSSR count). The molecule has 3 N–H and O–H groups in total. The Hall–Kier alpha value is -1.75. The first-order chi connectivity index (χ1) is 10.0. The van der Waals surface area contributed by atoms with Gasteiger partial charge in [-0.1, -0.05) is 6.07 Å². The van der Waals surface area contributed by atoms with Crippen molar-refractivity contribution in [1.29, 1.82) is 0 Å². The molecule has 1 fully saturated rings. The number of ether oxygens (including phenoxy) is 1. The standard InChI is InChI=1S/C16H25N3O2/c1-11(17)16-14(5-4-6-15(16)21-3)19-9-7-13(8-10-19)18-12(2)20/h4-6,11,13H,7-10,17H2,1-3H3,(H,18,20)/t11-/m1/s1. The molecule has 1 aliphatic rings. The van der Waals surface area contributed by atoms with Crippen LogP contribution in [-0.4, -0.2) is 32.1 Å². The fraction of sp³-hybridized carbons (Fsp3) is 0.562. The minimum Gasteiger partial charge on any atom is -0.496 e. The number of amides is 1. The number of nitrogens with two attached hydrogens (primary N) is 1. The summed E-state index contributed by atoms with van der Waals surface area (Å²) >= 11 is 0. The van der Waals surface area contributed by atoms with Crippen molar-refractivity contribution in [3.05, 3.63) is 23.8 Å². The summed E-state index contributed by atoms with van der Waals surface area (Å²) in [5, 5.41) is 3.00. The minimum absolute atomic E-state index is 0.0473. The molecule has 0 saturated carbocycles. The highest BCUT2D eigenvalue weighted by atomic mass is 16.5. The van der Waals surface area contributed by atoms with Crippen LogP contribution in [0.5, 0.6) is 5.75 Å². The van der Waals surface area contributed by atoms with Crippen LogP contribution in [0.25, 0.3) is 0 Å². The van der Waals surface area contributed by atoms with Gasteiger partial charge in [0.1, 0.15) is 5.75 Å². The Bertz CT molecular complexity index is 494. The zero-order valence-electron chi connectivity index (χ0n) is 13.1. The van der Waals surface area contributed by atoms with Crippen LogP contribution in [0.4, 0.5) is 5.69 Å². The molecule has 1 saturated heterocycles. The number of benzene rings is 1. The molecule has 0 unspecified atom stereocenters. The molecule has 1 aromatic rings. The topological polar surface area (TPSA) is 67.6 Å². The van der Waals surface area contributed by atoms with Gasteiger partial charge in [-0.25, -0.2) is 0 Å². The number of piperidine rings is 1. The maximum atomic E-state index is 11.1. The van der Waals surface area contributed by atoms with E-state index in [-0.39, 0.29) is 18.0 Å². The molecule has 0 bridgehead atoms. The van der Waals surface area contributed by atoms with Gasteiger partial charge >= 0.3 is 0 Å². The van der Waals surface area contributed by atoms with Crippen molar-refractivity contribution in [2.24, 2.45) is 5.73 Å². The van der Waals surface area contributed by atoms with Crippen molar-refractivity contribution >= 4 is 11.6 Å². The van der Waals surface area contributed by atoms with E-state index in [1.54, 1.807) is 14.0 Å². The second-order valence-corrected chi connectivity index (χ2v) is 5.64. The van der Waals surface area contributed by atoms with E-state index in [9.17, 15) is 4.79 Å². The van der Waals surface area contributed by atoms with Crippen molar-refractivity contribution in [3.63, 3.8) is 0 Å². The molecule has 0 aromatic heterocycles. The average molecular weight is 291 g/mol. The summed E-state index contributed by atoms with van der Waals surface area (Å²) in [5.74, 6) is 0.887. The number of anilines is 1. The monoisotopic (exact) mass is 291 g/mol. The molecule has 1 atom stereocenters. The molecule has 1 heterocycles. The van der Waals surface area contributed by atoms with Crippen LogP contribution in [0.3, 0.4) is 0 Å². The van der Waals surface area contributed by atoms with Gasteiger partial charge in [0, 0.05) is 43.3 Å². The van der Waals surface area contributed by atoms with Crippen LogP contribution in [0, 0.1) is 0 Å². The van der Waals surface area contributed by atoms with Gasteiger partial charge in [0.15, 0.2) is 0 Å². The van der Waals surface area contributed by atoms with Crippen molar-refractivity contribution in [2.45, 2.75) is 38.8 Å². The van der Waals surface area contributed by atoms with E-state index in [0.29, 0.717) is 0 Å². The predicted octanol–water partition coefficient (Wildman–Crippen LogP) is 1.82. The fourth-order valence-electron chi connectivity index (χ4n) is 3.00. The van der Waals surface area contributed by atoms with Gasteiger partial charge in [0.25, 0.3) is 0 Å². The maximum Gasteiger partial charge on any atom is 0.217 e. The summed E-state index contributed by atoms with van der Waals surface area (Å²) in [5.41, 5.74) is 8.32. The Morgan fingerprint density at radius 1 is 1.43 bits per heavy atom. The maximum absolute atomic E-state index is 11.1. The third-order valence-electron chi connectivity index (χ3n) is 3.96. The summed E-state index contributed by atoms with van der Waals surface area (Å²) in [6, 6.07) is 6.25. The Balaban J connectivity index is 2.15. The average Bonchev–Trinajstić information content (AvgIpc) is 2.46. The number of hydrogen-bond acceptors (Lipinski definition) is 4. The normalized spacial score (nSPS) is 17.4. The lowest BCUT2D eigenvalue weighted by molar-refractivity contribution is -0.119. The van der Waals surface area contributed by atoms with Crippen LogP contribution in [0.2, 0.25) is 0 Å². The van der Waals surface area contributed by atoms with E-state index in [0.717, 1.165) is 42.9 Å². The highest BCUT2D eigenvalue weighted by Crippen LogP contribution is 2.34. The van der Waals surface area contributed by atoms with Gasteiger partial charge in [-0.2, -0.15) is 0 Å². The summed E-state index contributed by atoms with van der Waals surface area (Å²) < 4.78 is 5.45. The molecule has 1 aliphatic heterocycles. The quantitative estimate of drug-likeness (QED) is 0.888. The zero-order chi connectivity index (χ0) is 15.4. The first-order valence-electron chi connectivity index (χ1n) is 7.47. The van der Waals surface area contributed by atoms with Crippen molar-refractivity contribution in [1.82, 2.24) is 5.32 Å². The van der Waals surface area contributed by atoms with Crippen LogP contribution >= 0.6 is 0 Å². The van der Waals surface area contributed by atoms with Gasteiger partial charge in [-0.05, 0) is 31.9 Å². The molecule has 0 aliphatic carbocycles. The number of carbonyl (C=O) groups excluding carboxylic acids is 1. The van der Waals surface area contributed by atoms with Gasteiger partial charge in [-0.3, -0.25) is 4.79 Å². The van der Waals surface area contributed by atoms with Crippen LogP contribution in [0.15, 0.2) is 18.2 Å². The van der Waals surface area contributed by atoms with Gasteiger partial charge in [-0.15, -0.1) is 0 Å². The van der Waals surface area contributed by atoms with E-state index in [4.69, 9.17) is 10.5 Å². The van der Waals surface area contributed by atoms with E-state index in [1.807, 2.05) is 19.1 Å². The number of rotatable bonds is 4. The van der Waals surface area contributed by atoms with E-state index in [2.05, 4.69) is 16.3 Å². The molecule has 116 valence electrons. The second kappa shape index (κ2) is 6.80. The predicted molar refractivity (Wildman–Crippen MR) is 84.6 cm³/mol. The lowest BCUT2D eigenvalue weighted by Crippen LogP contribution is -2.44. The molecular formula is C16H25N3O2. The summed E-state index contributed by atoms with van der Waals surface area (Å²) in [6.07, 6.45) is 1.91. The molecule has 5 heteroatoms. The molecule has 1 aromatic carbocycles. The Labute approximate surface area is 126 Å². The number of methoxy groups -OCH3 is 1. The molecule has 1 amide bonds. The third-order valence-corrected chi connectivity index (χ3v) is 3.96. The van der Waals surface area contributed by atoms with Gasteiger partial charge in [0.2, 0.25) is 5.91 Å². The lowest BCUT2D eigenvalue weighted by Gasteiger charge is -2.35. The largest absolute Gasteiger partial charge is 0.496 e. The highest BCUT2D eigenvalue weighted by molar-refractivity contribution is 5.73. The third kappa shape index (κ3) is 3.67. The summed E-state index contributed by atoms with van der Waals surface area (Å²) in [4.78, 5) is 13.5. The highest BCUT2D eigenvalue weighted by Gasteiger charge is 2.23. The fourth-order valence-corrected chi connectivity index (χ4v) is 3.00. The number of nitrogens with one attached hydrogen (secondary N) is 1.